The Bertz CT molecular complexity index is 130. The molecule has 0 aromatic rings. The smallest absolute Gasteiger partial charge is 0.0462 e. The van der Waals surface area contributed by atoms with E-state index in [-0.39, 0.29) is 0 Å². The molecule has 0 radical (unpaired) electrons. The van der Waals surface area contributed by atoms with Gasteiger partial charge in [-0.2, -0.15) is 0 Å². The Morgan fingerprint density at radius 1 is 1.46 bits per heavy atom. The number of likely N-dealkylation sites (tertiary alicyclic amines) is 1. The molecule has 0 aromatic heterocycles. The van der Waals surface area contributed by atoms with Crippen molar-refractivity contribution >= 4 is 0 Å². The zero-order chi connectivity index (χ0) is 9.52. The molecule has 0 aromatic carbocycles. The van der Waals surface area contributed by atoms with E-state index in [2.05, 4.69) is 4.90 Å². The lowest BCUT2D eigenvalue weighted by Crippen LogP contribution is -2.36. The lowest BCUT2D eigenvalue weighted by atomic mass is 10.2. The number of unbranched alkanes of at least 4 members (excludes halogenated alkanes) is 1. The average Bonchev–Trinajstić information content (AvgIpc) is 2.60. The molecule has 1 unspecified atom stereocenters. The van der Waals surface area contributed by atoms with Crippen molar-refractivity contribution in [2.24, 2.45) is 5.73 Å². The molecule has 3 nitrogen and oxygen atoms in total. The normalized spacial score (nSPS) is 24.0. The van der Waals surface area contributed by atoms with E-state index in [1.54, 1.807) is 7.11 Å². The SMILES string of the molecule is COCCCCN1CCCC1CN. The highest BCUT2D eigenvalue weighted by Gasteiger charge is 2.21. The minimum absolute atomic E-state index is 0.655. The molecule has 1 aliphatic heterocycles. The largest absolute Gasteiger partial charge is 0.385 e. The summed E-state index contributed by atoms with van der Waals surface area (Å²) in [6.07, 6.45) is 5.03. The Morgan fingerprint density at radius 2 is 2.31 bits per heavy atom. The van der Waals surface area contributed by atoms with Crippen LogP contribution in [0.15, 0.2) is 0 Å². The van der Waals surface area contributed by atoms with Gasteiger partial charge in [0.1, 0.15) is 0 Å². The van der Waals surface area contributed by atoms with E-state index in [1.807, 2.05) is 0 Å². The Hall–Kier alpha value is -0.120. The fourth-order valence-electron chi connectivity index (χ4n) is 2.02. The number of nitrogens with two attached hydrogens (primary N) is 1. The molecule has 0 aliphatic carbocycles. The average molecular weight is 186 g/mol. The van der Waals surface area contributed by atoms with Crippen LogP contribution in [0, 0.1) is 0 Å². The van der Waals surface area contributed by atoms with Gasteiger partial charge in [0.05, 0.1) is 0 Å². The van der Waals surface area contributed by atoms with Gasteiger partial charge < -0.3 is 10.5 Å². The predicted molar refractivity (Wildman–Crippen MR) is 54.8 cm³/mol. The van der Waals surface area contributed by atoms with Crippen LogP contribution in [0.25, 0.3) is 0 Å². The molecule has 1 aliphatic rings. The fraction of sp³-hybridized carbons (Fsp3) is 1.00. The maximum absolute atomic E-state index is 5.69. The third-order valence-corrected chi connectivity index (χ3v) is 2.81. The summed E-state index contributed by atoms with van der Waals surface area (Å²) in [5.41, 5.74) is 5.69. The quantitative estimate of drug-likeness (QED) is 0.625. The Balaban J connectivity index is 2.06. The maximum Gasteiger partial charge on any atom is 0.0462 e. The number of ether oxygens (including phenoxy) is 1. The molecule has 1 fully saturated rings. The van der Waals surface area contributed by atoms with Gasteiger partial charge in [0.2, 0.25) is 0 Å². The third kappa shape index (κ3) is 3.63. The summed E-state index contributed by atoms with van der Waals surface area (Å²) in [4.78, 5) is 2.52. The summed E-state index contributed by atoms with van der Waals surface area (Å²) in [6.45, 7) is 4.16. The van der Waals surface area contributed by atoms with Crippen molar-refractivity contribution in [1.29, 1.82) is 0 Å². The molecule has 1 heterocycles. The second kappa shape index (κ2) is 6.35. The summed E-state index contributed by atoms with van der Waals surface area (Å²) in [7, 11) is 1.76. The number of hydrogen-bond donors (Lipinski definition) is 1. The summed E-state index contributed by atoms with van der Waals surface area (Å²) in [5, 5.41) is 0. The van der Waals surface area contributed by atoms with E-state index in [4.69, 9.17) is 10.5 Å². The van der Waals surface area contributed by atoms with Crippen molar-refractivity contribution < 1.29 is 4.74 Å². The molecule has 2 N–H and O–H groups in total. The maximum atomic E-state index is 5.69. The highest BCUT2D eigenvalue weighted by Crippen LogP contribution is 2.16. The molecular formula is C10H22N2O. The topological polar surface area (TPSA) is 38.5 Å². The fourth-order valence-corrected chi connectivity index (χ4v) is 2.02. The Kier molecular flexibility index (Phi) is 5.35. The molecule has 1 atom stereocenters. The van der Waals surface area contributed by atoms with Crippen LogP contribution in [-0.2, 0) is 4.74 Å². The number of rotatable bonds is 6. The molecule has 1 rings (SSSR count). The van der Waals surface area contributed by atoms with Crippen LogP contribution in [-0.4, -0.2) is 44.3 Å². The minimum atomic E-state index is 0.655. The second-order valence-electron chi connectivity index (χ2n) is 3.77. The van der Waals surface area contributed by atoms with Crippen molar-refractivity contribution in [3.8, 4) is 0 Å². The van der Waals surface area contributed by atoms with Crippen molar-refractivity contribution in [3.63, 3.8) is 0 Å². The summed E-state index contributed by atoms with van der Waals surface area (Å²) >= 11 is 0. The lowest BCUT2D eigenvalue weighted by Gasteiger charge is -2.22. The molecule has 78 valence electrons. The van der Waals surface area contributed by atoms with Gasteiger partial charge in [0, 0.05) is 26.3 Å². The first-order chi connectivity index (χ1) is 6.38. The molecule has 0 bridgehead atoms. The van der Waals surface area contributed by atoms with Crippen molar-refractivity contribution in [3.05, 3.63) is 0 Å². The Labute approximate surface area is 81.2 Å². The number of methoxy groups -OCH3 is 1. The van der Waals surface area contributed by atoms with Gasteiger partial charge in [-0.3, -0.25) is 4.90 Å². The van der Waals surface area contributed by atoms with Crippen molar-refractivity contribution in [2.45, 2.75) is 31.7 Å². The molecule has 3 heteroatoms. The monoisotopic (exact) mass is 186 g/mol. The Morgan fingerprint density at radius 3 is 3.00 bits per heavy atom. The van der Waals surface area contributed by atoms with Crippen LogP contribution < -0.4 is 5.73 Å². The molecule has 13 heavy (non-hydrogen) atoms. The van der Waals surface area contributed by atoms with E-state index in [1.165, 1.54) is 38.8 Å². The zero-order valence-corrected chi connectivity index (χ0v) is 8.67. The van der Waals surface area contributed by atoms with Crippen LogP contribution in [0.1, 0.15) is 25.7 Å². The molecule has 0 spiro atoms. The first-order valence-corrected chi connectivity index (χ1v) is 5.31. The lowest BCUT2D eigenvalue weighted by molar-refractivity contribution is 0.181. The first-order valence-electron chi connectivity index (χ1n) is 5.31. The van der Waals surface area contributed by atoms with Gasteiger partial charge in [-0.25, -0.2) is 0 Å². The van der Waals surface area contributed by atoms with Crippen LogP contribution in [0.2, 0.25) is 0 Å². The van der Waals surface area contributed by atoms with Gasteiger partial charge in [0.15, 0.2) is 0 Å². The number of hydrogen-bond acceptors (Lipinski definition) is 3. The first kappa shape index (κ1) is 11.0. The molecule has 0 saturated carbocycles. The second-order valence-corrected chi connectivity index (χ2v) is 3.77. The molecule has 1 saturated heterocycles. The highest BCUT2D eigenvalue weighted by molar-refractivity contribution is 4.79. The van der Waals surface area contributed by atoms with Crippen LogP contribution >= 0.6 is 0 Å². The van der Waals surface area contributed by atoms with Gasteiger partial charge >= 0.3 is 0 Å². The van der Waals surface area contributed by atoms with Crippen molar-refractivity contribution in [1.82, 2.24) is 4.90 Å². The van der Waals surface area contributed by atoms with Gasteiger partial charge in [0.25, 0.3) is 0 Å². The number of nitrogens with zero attached hydrogens (tertiary/aromatic N) is 1. The van der Waals surface area contributed by atoms with E-state index in [0.717, 1.165) is 13.2 Å². The highest BCUT2D eigenvalue weighted by atomic mass is 16.5. The third-order valence-electron chi connectivity index (χ3n) is 2.81. The standard InChI is InChI=1S/C10H22N2O/c1-13-8-3-2-6-12-7-4-5-10(12)9-11/h10H,2-9,11H2,1H3. The van der Waals surface area contributed by atoms with E-state index in [9.17, 15) is 0 Å². The summed E-state index contributed by atoms with van der Waals surface area (Å²) < 4.78 is 5.02. The molecule has 0 amide bonds. The van der Waals surface area contributed by atoms with E-state index >= 15 is 0 Å². The minimum Gasteiger partial charge on any atom is -0.385 e. The van der Waals surface area contributed by atoms with Crippen LogP contribution in [0.4, 0.5) is 0 Å². The van der Waals surface area contributed by atoms with Gasteiger partial charge in [-0.05, 0) is 38.8 Å². The van der Waals surface area contributed by atoms with Crippen LogP contribution in [0.5, 0.6) is 0 Å². The predicted octanol–water partition coefficient (Wildman–Crippen LogP) is 0.836. The van der Waals surface area contributed by atoms with E-state index in [0.29, 0.717) is 6.04 Å². The van der Waals surface area contributed by atoms with E-state index < -0.39 is 0 Å². The van der Waals surface area contributed by atoms with Crippen molar-refractivity contribution in [2.75, 3.05) is 33.4 Å². The van der Waals surface area contributed by atoms with Gasteiger partial charge in [-0.1, -0.05) is 0 Å². The summed E-state index contributed by atoms with van der Waals surface area (Å²) in [5.74, 6) is 0. The van der Waals surface area contributed by atoms with Crippen LogP contribution in [0.3, 0.4) is 0 Å². The zero-order valence-electron chi connectivity index (χ0n) is 8.67. The van der Waals surface area contributed by atoms with Gasteiger partial charge in [-0.15, -0.1) is 0 Å². The summed E-state index contributed by atoms with van der Waals surface area (Å²) in [6, 6.07) is 0.655. The molecular weight excluding hydrogens is 164 g/mol.